The molecule has 1 fully saturated rings. The minimum atomic E-state index is -0.318. The van der Waals surface area contributed by atoms with Gasteiger partial charge in [-0.05, 0) is 37.1 Å². The van der Waals surface area contributed by atoms with Gasteiger partial charge < -0.3 is 14.4 Å². The Hall–Kier alpha value is -2.86. The Balaban J connectivity index is 1.73. The lowest BCUT2D eigenvalue weighted by Crippen LogP contribution is -2.40. The molecule has 1 aromatic carbocycles. The van der Waals surface area contributed by atoms with Crippen molar-refractivity contribution >= 4 is 5.91 Å². The highest BCUT2D eigenvalue weighted by Gasteiger charge is 2.26. The van der Waals surface area contributed by atoms with Crippen molar-refractivity contribution in [1.29, 1.82) is 0 Å². The SMILES string of the molecule is O=C(c1cc(-c2ccco2)nn1-c1ccccc1)N1CCC(O)CC1. The van der Waals surface area contributed by atoms with Crippen LogP contribution in [0.3, 0.4) is 0 Å². The number of likely N-dealkylation sites (tertiary alicyclic amines) is 1. The van der Waals surface area contributed by atoms with Crippen molar-refractivity contribution in [2.45, 2.75) is 18.9 Å². The van der Waals surface area contributed by atoms with Crippen LogP contribution in [0.25, 0.3) is 17.1 Å². The third-order valence-electron chi connectivity index (χ3n) is 4.45. The monoisotopic (exact) mass is 337 g/mol. The van der Waals surface area contributed by atoms with Gasteiger partial charge in [0.05, 0.1) is 18.1 Å². The van der Waals surface area contributed by atoms with Crippen molar-refractivity contribution < 1.29 is 14.3 Å². The Morgan fingerprint density at radius 2 is 1.88 bits per heavy atom. The van der Waals surface area contributed by atoms with E-state index in [1.54, 1.807) is 28.0 Å². The average molecular weight is 337 g/mol. The first-order chi connectivity index (χ1) is 12.2. The van der Waals surface area contributed by atoms with Crippen LogP contribution in [0.15, 0.2) is 59.2 Å². The van der Waals surface area contributed by atoms with E-state index >= 15 is 0 Å². The van der Waals surface area contributed by atoms with Crippen LogP contribution in [0.2, 0.25) is 0 Å². The van der Waals surface area contributed by atoms with E-state index in [0.29, 0.717) is 43.1 Å². The minimum Gasteiger partial charge on any atom is -0.463 e. The van der Waals surface area contributed by atoms with Crippen LogP contribution in [0.1, 0.15) is 23.3 Å². The topological polar surface area (TPSA) is 71.5 Å². The second kappa shape index (κ2) is 6.57. The van der Waals surface area contributed by atoms with Crippen molar-refractivity contribution in [1.82, 2.24) is 14.7 Å². The Morgan fingerprint density at radius 1 is 1.12 bits per heavy atom. The summed E-state index contributed by atoms with van der Waals surface area (Å²) in [5.41, 5.74) is 1.93. The van der Waals surface area contributed by atoms with E-state index in [1.807, 2.05) is 36.4 Å². The number of carbonyl (C=O) groups excluding carboxylic acids is 1. The number of benzene rings is 1. The first kappa shape index (κ1) is 15.7. The highest BCUT2D eigenvalue weighted by atomic mass is 16.3. The summed E-state index contributed by atoms with van der Waals surface area (Å²) in [5.74, 6) is 0.541. The Morgan fingerprint density at radius 3 is 2.56 bits per heavy atom. The fourth-order valence-electron chi connectivity index (χ4n) is 3.08. The molecule has 25 heavy (non-hydrogen) atoms. The number of nitrogens with zero attached hydrogens (tertiary/aromatic N) is 3. The van der Waals surface area contributed by atoms with Gasteiger partial charge in [0.1, 0.15) is 11.4 Å². The van der Waals surface area contributed by atoms with Crippen LogP contribution in [-0.2, 0) is 0 Å². The number of para-hydroxylation sites is 1. The zero-order chi connectivity index (χ0) is 17.2. The number of aromatic nitrogens is 2. The molecule has 0 unspecified atom stereocenters. The summed E-state index contributed by atoms with van der Waals surface area (Å²) in [7, 11) is 0. The molecule has 0 saturated carbocycles. The lowest BCUT2D eigenvalue weighted by molar-refractivity contribution is 0.0539. The third kappa shape index (κ3) is 3.08. The maximum atomic E-state index is 13.0. The molecule has 2 aromatic heterocycles. The summed E-state index contributed by atoms with van der Waals surface area (Å²) < 4.78 is 7.09. The van der Waals surface area contributed by atoms with Crippen molar-refractivity contribution in [2.24, 2.45) is 0 Å². The molecule has 1 aliphatic heterocycles. The lowest BCUT2D eigenvalue weighted by atomic mass is 10.1. The normalized spacial score (nSPS) is 15.5. The predicted molar refractivity (Wildman–Crippen MR) is 92.4 cm³/mol. The fraction of sp³-hybridized carbons (Fsp3) is 0.263. The highest BCUT2D eigenvalue weighted by Crippen LogP contribution is 2.24. The first-order valence-electron chi connectivity index (χ1n) is 8.39. The molecular weight excluding hydrogens is 318 g/mol. The Labute approximate surface area is 145 Å². The van der Waals surface area contributed by atoms with E-state index < -0.39 is 0 Å². The quantitative estimate of drug-likeness (QED) is 0.798. The summed E-state index contributed by atoms with van der Waals surface area (Å²) in [6, 6.07) is 15.0. The lowest BCUT2D eigenvalue weighted by Gasteiger charge is -2.29. The molecule has 1 saturated heterocycles. The number of aliphatic hydroxyl groups excluding tert-OH is 1. The molecule has 1 N–H and O–H groups in total. The number of piperidine rings is 1. The summed E-state index contributed by atoms with van der Waals surface area (Å²) in [5, 5.41) is 14.3. The average Bonchev–Trinajstić information content (AvgIpc) is 3.32. The number of furan rings is 1. The second-order valence-corrected chi connectivity index (χ2v) is 6.16. The molecule has 6 heteroatoms. The maximum Gasteiger partial charge on any atom is 0.272 e. The molecular formula is C19H19N3O3. The van der Waals surface area contributed by atoms with E-state index in [-0.39, 0.29) is 12.0 Å². The van der Waals surface area contributed by atoms with Crippen LogP contribution in [-0.4, -0.2) is 44.9 Å². The van der Waals surface area contributed by atoms with Gasteiger partial charge in [-0.25, -0.2) is 4.68 Å². The summed E-state index contributed by atoms with van der Waals surface area (Å²) in [6.45, 7) is 1.10. The molecule has 4 rings (SSSR count). The molecule has 1 aliphatic rings. The van der Waals surface area contributed by atoms with Gasteiger partial charge in [-0.3, -0.25) is 4.79 Å². The summed E-state index contributed by atoms with van der Waals surface area (Å²) in [6.07, 6.45) is 2.48. The zero-order valence-electron chi connectivity index (χ0n) is 13.7. The summed E-state index contributed by atoms with van der Waals surface area (Å²) >= 11 is 0. The molecule has 128 valence electrons. The van der Waals surface area contributed by atoms with Gasteiger partial charge in [0.15, 0.2) is 5.76 Å². The van der Waals surface area contributed by atoms with Crippen LogP contribution in [0.4, 0.5) is 0 Å². The van der Waals surface area contributed by atoms with E-state index in [4.69, 9.17) is 4.42 Å². The van der Waals surface area contributed by atoms with E-state index in [1.165, 1.54) is 0 Å². The molecule has 0 radical (unpaired) electrons. The molecule has 0 spiro atoms. The highest BCUT2D eigenvalue weighted by molar-refractivity contribution is 5.94. The zero-order valence-corrected chi connectivity index (χ0v) is 13.7. The maximum absolute atomic E-state index is 13.0. The molecule has 6 nitrogen and oxygen atoms in total. The van der Waals surface area contributed by atoms with Crippen molar-refractivity contribution in [3.63, 3.8) is 0 Å². The molecule has 0 bridgehead atoms. The standard InChI is InChI=1S/C19H19N3O3/c23-15-8-10-21(11-9-15)19(24)17-13-16(18-7-4-12-25-18)20-22(17)14-5-2-1-3-6-14/h1-7,12-13,15,23H,8-11H2. The number of rotatable bonds is 3. The molecule has 3 heterocycles. The second-order valence-electron chi connectivity index (χ2n) is 6.16. The Bertz CT molecular complexity index is 847. The molecule has 0 atom stereocenters. The van der Waals surface area contributed by atoms with Gasteiger partial charge in [0, 0.05) is 19.2 Å². The van der Waals surface area contributed by atoms with E-state index in [2.05, 4.69) is 5.10 Å². The van der Waals surface area contributed by atoms with Gasteiger partial charge in [-0.1, -0.05) is 18.2 Å². The van der Waals surface area contributed by atoms with E-state index in [0.717, 1.165) is 5.69 Å². The van der Waals surface area contributed by atoms with Crippen molar-refractivity contribution in [3.8, 4) is 17.1 Å². The van der Waals surface area contributed by atoms with Gasteiger partial charge >= 0.3 is 0 Å². The van der Waals surface area contributed by atoms with Gasteiger partial charge in [-0.15, -0.1) is 0 Å². The number of carbonyl (C=O) groups is 1. The van der Waals surface area contributed by atoms with Crippen LogP contribution in [0.5, 0.6) is 0 Å². The molecule has 3 aromatic rings. The third-order valence-corrected chi connectivity index (χ3v) is 4.45. The fourth-order valence-corrected chi connectivity index (χ4v) is 3.08. The van der Waals surface area contributed by atoms with Crippen LogP contribution < -0.4 is 0 Å². The summed E-state index contributed by atoms with van der Waals surface area (Å²) in [4.78, 5) is 14.8. The van der Waals surface area contributed by atoms with Crippen LogP contribution >= 0.6 is 0 Å². The van der Waals surface area contributed by atoms with Gasteiger partial charge in [-0.2, -0.15) is 5.10 Å². The largest absolute Gasteiger partial charge is 0.463 e. The number of aliphatic hydroxyl groups is 1. The van der Waals surface area contributed by atoms with Crippen molar-refractivity contribution in [2.75, 3.05) is 13.1 Å². The number of amides is 1. The molecule has 0 aliphatic carbocycles. The van der Waals surface area contributed by atoms with Gasteiger partial charge in [0.25, 0.3) is 5.91 Å². The van der Waals surface area contributed by atoms with Crippen molar-refractivity contribution in [3.05, 3.63) is 60.5 Å². The molecule has 1 amide bonds. The first-order valence-corrected chi connectivity index (χ1v) is 8.39. The van der Waals surface area contributed by atoms with Gasteiger partial charge in [0.2, 0.25) is 0 Å². The number of hydrogen-bond acceptors (Lipinski definition) is 4. The smallest absolute Gasteiger partial charge is 0.272 e. The van der Waals surface area contributed by atoms with E-state index in [9.17, 15) is 9.90 Å². The minimum absolute atomic E-state index is 0.0824. The predicted octanol–water partition coefficient (Wildman–Crippen LogP) is 2.73. The number of hydrogen-bond donors (Lipinski definition) is 1. The van der Waals surface area contributed by atoms with Crippen LogP contribution in [0, 0.1) is 0 Å². The Kier molecular flexibility index (Phi) is 4.11.